The van der Waals surface area contributed by atoms with Crippen LogP contribution in [0.5, 0.6) is 5.75 Å². The summed E-state index contributed by atoms with van der Waals surface area (Å²) in [6.07, 6.45) is 3.28. The lowest BCUT2D eigenvalue weighted by Crippen LogP contribution is -2.11. The molecular formula is C27H26O3. The van der Waals surface area contributed by atoms with E-state index >= 15 is 0 Å². The molecule has 3 heteroatoms. The molecule has 0 spiro atoms. The van der Waals surface area contributed by atoms with Crippen molar-refractivity contribution in [1.29, 1.82) is 0 Å². The van der Waals surface area contributed by atoms with Gasteiger partial charge in [0.2, 0.25) is 0 Å². The van der Waals surface area contributed by atoms with E-state index in [1.807, 2.05) is 31.2 Å². The molecule has 30 heavy (non-hydrogen) atoms. The third-order valence-electron chi connectivity index (χ3n) is 4.85. The minimum Gasteiger partial charge on any atom is -0.422 e. The van der Waals surface area contributed by atoms with Crippen LogP contribution in [-0.4, -0.2) is 11.8 Å². The molecule has 0 saturated carbocycles. The molecular weight excluding hydrogens is 372 g/mol. The van der Waals surface area contributed by atoms with Gasteiger partial charge in [-0.25, -0.2) is 4.79 Å². The fourth-order valence-electron chi connectivity index (χ4n) is 2.96. The maximum absolute atomic E-state index is 12.7. The molecule has 0 aliphatic carbocycles. The summed E-state index contributed by atoms with van der Waals surface area (Å²) < 4.78 is 5.50. The van der Waals surface area contributed by atoms with Crippen molar-refractivity contribution in [3.8, 4) is 5.75 Å². The van der Waals surface area contributed by atoms with Crippen LogP contribution in [0.15, 0.2) is 78.9 Å². The molecule has 3 rings (SSSR count). The zero-order valence-corrected chi connectivity index (χ0v) is 17.8. The summed E-state index contributed by atoms with van der Waals surface area (Å²) in [5.74, 6) is -0.458. The van der Waals surface area contributed by atoms with Gasteiger partial charge in [0, 0.05) is 0 Å². The van der Waals surface area contributed by atoms with Gasteiger partial charge in [-0.15, -0.1) is 0 Å². The second-order valence-electron chi connectivity index (χ2n) is 8.32. The lowest BCUT2D eigenvalue weighted by atomic mass is 9.87. The highest BCUT2D eigenvalue weighted by Gasteiger charge is 2.15. The first kappa shape index (κ1) is 21.3. The van der Waals surface area contributed by atoms with E-state index in [9.17, 15) is 9.59 Å². The first-order valence-electron chi connectivity index (χ1n) is 9.95. The molecule has 0 N–H and O–H groups in total. The molecule has 0 aliphatic rings. The topological polar surface area (TPSA) is 43.4 Å². The van der Waals surface area contributed by atoms with Crippen molar-refractivity contribution in [1.82, 2.24) is 0 Å². The molecule has 3 aromatic rings. The predicted octanol–water partition coefficient (Wildman–Crippen LogP) is 6.41. The highest BCUT2D eigenvalue weighted by atomic mass is 16.5. The van der Waals surface area contributed by atoms with Crippen LogP contribution in [-0.2, 0) is 5.41 Å². The van der Waals surface area contributed by atoms with Crippen molar-refractivity contribution in [2.45, 2.75) is 33.1 Å². The average Bonchev–Trinajstić information content (AvgIpc) is 2.72. The van der Waals surface area contributed by atoms with Gasteiger partial charge in [-0.05, 0) is 53.8 Å². The normalized spacial score (nSPS) is 11.5. The molecule has 0 fully saturated rings. The van der Waals surface area contributed by atoms with Gasteiger partial charge >= 0.3 is 5.97 Å². The molecule has 0 atom stereocenters. The summed E-state index contributed by atoms with van der Waals surface area (Å²) in [5, 5.41) is 0. The van der Waals surface area contributed by atoms with Crippen LogP contribution in [0, 0.1) is 6.92 Å². The monoisotopic (exact) mass is 398 g/mol. The Kier molecular flexibility index (Phi) is 6.31. The number of aryl methyl sites for hydroxylation is 1. The van der Waals surface area contributed by atoms with E-state index in [4.69, 9.17) is 4.74 Å². The van der Waals surface area contributed by atoms with Crippen LogP contribution in [0.3, 0.4) is 0 Å². The average molecular weight is 399 g/mol. The van der Waals surface area contributed by atoms with E-state index in [2.05, 4.69) is 32.9 Å². The van der Waals surface area contributed by atoms with E-state index in [0.29, 0.717) is 11.1 Å². The number of rotatable bonds is 5. The van der Waals surface area contributed by atoms with Crippen LogP contribution < -0.4 is 4.74 Å². The van der Waals surface area contributed by atoms with Gasteiger partial charge < -0.3 is 4.74 Å². The summed E-state index contributed by atoms with van der Waals surface area (Å²) in [6, 6.07) is 22.0. The molecule has 3 nitrogen and oxygen atoms in total. The number of ether oxygens (including phenoxy) is 1. The van der Waals surface area contributed by atoms with Crippen LogP contribution in [0.2, 0.25) is 0 Å². The highest BCUT2D eigenvalue weighted by Crippen LogP contribution is 2.23. The number of carbonyl (C=O) groups is 2. The second-order valence-corrected chi connectivity index (χ2v) is 8.32. The van der Waals surface area contributed by atoms with Crippen LogP contribution in [0.4, 0.5) is 0 Å². The Balaban J connectivity index is 1.76. The molecule has 0 bridgehead atoms. The minimum absolute atomic E-state index is 0.0817. The molecule has 0 radical (unpaired) electrons. The number of ketones is 1. The third-order valence-corrected chi connectivity index (χ3v) is 4.85. The van der Waals surface area contributed by atoms with Crippen molar-refractivity contribution in [2.75, 3.05) is 0 Å². The fraction of sp³-hybridized carbons (Fsp3) is 0.185. The molecule has 152 valence electrons. The summed E-state index contributed by atoms with van der Waals surface area (Å²) in [4.78, 5) is 25.2. The Bertz CT molecular complexity index is 1070. The van der Waals surface area contributed by atoms with E-state index in [-0.39, 0.29) is 16.9 Å². The Morgan fingerprint density at radius 2 is 1.47 bits per heavy atom. The van der Waals surface area contributed by atoms with Gasteiger partial charge in [-0.1, -0.05) is 80.9 Å². The summed E-state index contributed by atoms with van der Waals surface area (Å²) in [6.45, 7) is 8.44. The van der Waals surface area contributed by atoms with Gasteiger partial charge in [0.05, 0.1) is 11.1 Å². The van der Waals surface area contributed by atoms with Crippen molar-refractivity contribution >= 4 is 17.8 Å². The first-order valence-corrected chi connectivity index (χ1v) is 9.95. The molecule has 3 aromatic carbocycles. The summed E-state index contributed by atoms with van der Waals surface area (Å²) >= 11 is 0. The lowest BCUT2D eigenvalue weighted by Gasteiger charge is -2.18. The van der Waals surface area contributed by atoms with Crippen LogP contribution in [0.1, 0.15) is 58.2 Å². The standard InChI is InChI=1S/C27H26O3/c1-19-9-14-21(15-10-19)26(29)30-25-8-6-5-7-23(25)24(28)18-13-20-11-16-22(17-12-20)27(2,3)4/h5-18H,1-4H3/b18-13+. The molecule has 0 aliphatic heterocycles. The van der Waals surface area contributed by atoms with E-state index < -0.39 is 5.97 Å². The molecule has 0 heterocycles. The van der Waals surface area contributed by atoms with Gasteiger partial charge in [0.15, 0.2) is 5.78 Å². The van der Waals surface area contributed by atoms with E-state index in [0.717, 1.165) is 11.1 Å². The Hall–Kier alpha value is -3.46. The molecule has 0 amide bonds. The highest BCUT2D eigenvalue weighted by molar-refractivity contribution is 6.09. The van der Waals surface area contributed by atoms with Crippen molar-refractivity contribution < 1.29 is 14.3 Å². The maximum Gasteiger partial charge on any atom is 0.343 e. The van der Waals surface area contributed by atoms with Crippen molar-refractivity contribution in [3.05, 3.63) is 107 Å². The SMILES string of the molecule is Cc1ccc(C(=O)Oc2ccccc2C(=O)/C=C/c2ccc(C(C)(C)C)cc2)cc1. The van der Waals surface area contributed by atoms with Gasteiger partial charge in [0.25, 0.3) is 0 Å². The Labute approximate surface area is 178 Å². The maximum atomic E-state index is 12.7. The third kappa shape index (κ3) is 5.32. The number of carbonyl (C=O) groups excluding carboxylic acids is 2. The van der Waals surface area contributed by atoms with Gasteiger partial charge in [-0.2, -0.15) is 0 Å². The predicted molar refractivity (Wildman–Crippen MR) is 121 cm³/mol. The fourth-order valence-corrected chi connectivity index (χ4v) is 2.96. The number of hydrogen-bond donors (Lipinski definition) is 0. The first-order chi connectivity index (χ1) is 14.2. The smallest absolute Gasteiger partial charge is 0.343 e. The number of para-hydroxylation sites is 1. The minimum atomic E-state index is -0.489. The zero-order valence-electron chi connectivity index (χ0n) is 17.8. The van der Waals surface area contributed by atoms with Gasteiger partial charge in [0.1, 0.15) is 5.75 Å². The zero-order chi connectivity index (χ0) is 21.7. The molecule has 0 saturated heterocycles. The van der Waals surface area contributed by atoms with Crippen LogP contribution >= 0.6 is 0 Å². The van der Waals surface area contributed by atoms with Gasteiger partial charge in [-0.3, -0.25) is 4.79 Å². The summed E-state index contributed by atoms with van der Waals surface area (Å²) in [7, 11) is 0. The molecule has 0 aromatic heterocycles. The summed E-state index contributed by atoms with van der Waals surface area (Å²) in [5.41, 5.74) is 4.10. The Morgan fingerprint density at radius 1 is 0.833 bits per heavy atom. The lowest BCUT2D eigenvalue weighted by molar-refractivity contribution is 0.0733. The van der Waals surface area contributed by atoms with E-state index in [1.165, 1.54) is 11.6 Å². The number of hydrogen-bond acceptors (Lipinski definition) is 3. The van der Waals surface area contributed by atoms with E-state index in [1.54, 1.807) is 42.5 Å². The molecule has 0 unspecified atom stereocenters. The number of benzene rings is 3. The van der Waals surface area contributed by atoms with Crippen LogP contribution in [0.25, 0.3) is 6.08 Å². The number of allylic oxidation sites excluding steroid dienone is 1. The number of esters is 1. The van der Waals surface area contributed by atoms with Crippen molar-refractivity contribution in [2.24, 2.45) is 0 Å². The van der Waals surface area contributed by atoms with Crippen molar-refractivity contribution in [3.63, 3.8) is 0 Å². The quantitative estimate of drug-likeness (QED) is 0.216. The Morgan fingerprint density at radius 3 is 2.10 bits per heavy atom. The largest absolute Gasteiger partial charge is 0.422 e. The second kappa shape index (κ2) is 8.91.